The normalized spacial score (nSPS) is 22.3. The smallest absolute Gasteiger partial charge is 0.243 e. The fourth-order valence-electron chi connectivity index (χ4n) is 6.33. The van der Waals surface area contributed by atoms with Gasteiger partial charge in [0, 0.05) is 49.3 Å². The minimum atomic E-state index is -3.69. The highest BCUT2D eigenvalue weighted by atomic mass is 32.2. The Kier molecular flexibility index (Phi) is 7.14. The van der Waals surface area contributed by atoms with Crippen molar-refractivity contribution in [2.24, 2.45) is 5.41 Å². The molecular weight excluding hydrogens is 508 g/mol. The van der Waals surface area contributed by atoms with Crippen molar-refractivity contribution in [2.45, 2.75) is 30.6 Å². The number of hydrogen-bond donors (Lipinski definition) is 0. The van der Waals surface area contributed by atoms with Crippen molar-refractivity contribution in [3.8, 4) is 11.1 Å². The Morgan fingerprint density at radius 2 is 1.54 bits per heavy atom. The molecule has 2 heterocycles. The van der Waals surface area contributed by atoms with Crippen LogP contribution in [0.3, 0.4) is 0 Å². The van der Waals surface area contributed by atoms with Gasteiger partial charge in [0.15, 0.2) is 5.78 Å². The van der Waals surface area contributed by atoms with E-state index in [1.807, 2.05) is 42.5 Å². The van der Waals surface area contributed by atoms with Crippen LogP contribution in [-0.4, -0.2) is 57.9 Å². The second kappa shape index (κ2) is 10.7. The average molecular weight is 543 g/mol. The van der Waals surface area contributed by atoms with Crippen molar-refractivity contribution < 1.29 is 17.9 Å². The quantitative estimate of drug-likeness (QED) is 0.434. The van der Waals surface area contributed by atoms with Crippen molar-refractivity contribution >= 4 is 21.5 Å². The van der Waals surface area contributed by atoms with E-state index in [4.69, 9.17) is 4.74 Å². The number of anilines is 1. The van der Waals surface area contributed by atoms with Crippen LogP contribution in [0.2, 0.25) is 0 Å². The molecule has 0 amide bonds. The van der Waals surface area contributed by atoms with Crippen molar-refractivity contribution in [1.29, 1.82) is 0 Å². The van der Waals surface area contributed by atoms with E-state index in [-0.39, 0.29) is 11.2 Å². The molecule has 7 heteroatoms. The maximum absolute atomic E-state index is 13.9. The van der Waals surface area contributed by atoms with E-state index in [2.05, 4.69) is 29.2 Å². The molecule has 0 spiro atoms. The monoisotopic (exact) mass is 542 g/mol. The van der Waals surface area contributed by atoms with E-state index in [1.54, 1.807) is 22.5 Å². The van der Waals surface area contributed by atoms with E-state index in [1.165, 1.54) is 5.56 Å². The molecule has 3 aromatic carbocycles. The lowest BCUT2D eigenvalue weighted by molar-refractivity contribution is -0.116. The van der Waals surface area contributed by atoms with E-state index >= 15 is 0 Å². The molecule has 0 radical (unpaired) electrons. The van der Waals surface area contributed by atoms with Gasteiger partial charge in [-0.15, -0.1) is 0 Å². The summed E-state index contributed by atoms with van der Waals surface area (Å²) in [6.07, 6.45) is 4.24. The highest BCUT2D eigenvalue weighted by Gasteiger charge is 2.45. The molecule has 6 nitrogen and oxygen atoms in total. The molecule has 1 atom stereocenters. The molecule has 6 rings (SSSR count). The zero-order valence-corrected chi connectivity index (χ0v) is 22.9. The van der Waals surface area contributed by atoms with Gasteiger partial charge in [0.05, 0.1) is 18.1 Å². The second-order valence-electron chi connectivity index (χ2n) is 10.8. The molecule has 2 fully saturated rings. The number of morpholine rings is 1. The van der Waals surface area contributed by atoms with E-state index in [0.717, 1.165) is 41.9 Å². The number of allylic oxidation sites excluding steroid dienone is 1. The average Bonchev–Trinajstić information content (AvgIpc) is 2.98. The van der Waals surface area contributed by atoms with Gasteiger partial charge in [-0.25, -0.2) is 8.42 Å². The number of benzene rings is 3. The number of nitrogens with zero attached hydrogens (tertiary/aromatic N) is 2. The number of sulfonamides is 1. The number of ketones is 1. The molecule has 39 heavy (non-hydrogen) atoms. The predicted molar refractivity (Wildman–Crippen MR) is 153 cm³/mol. The number of rotatable bonds is 6. The van der Waals surface area contributed by atoms with Gasteiger partial charge in [-0.05, 0) is 54.7 Å². The Labute approximate surface area is 231 Å². The van der Waals surface area contributed by atoms with Gasteiger partial charge in [0.25, 0.3) is 0 Å². The summed E-state index contributed by atoms with van der Waals surface area (Å²) >= 11 is 0. The summed E-state index contributed by atoms with van der Waals surface area (Å²) in [5, 5.41) is 0. The standard InChI is InChI=1S/C32H34N2O4S/c35-28-14-16-32(23-25-6-2-1-3-7-25)24-34(17-15-27(32)22-28)39(36,37)29-12-10-26(11-13-29)30-8-4-5-9-31(30)33-18-20-38-21-19-33/h1-13,22H,14-21,23-24H2. The largest absolute Gasteiger partial charge is 0.378 e. The maximum Gasteiger partial charge on any atom is 0.243 e. The number of piperidine rings is 1. The number of para-hydroxylation sites is 1. The fraction of sp³-hybridized carbons (Fsp3) is 0.344. The molecule has 0 N–H and O–H groups in total. The summed E-state index contributed by atoms with van der Waals surface area (Å²) in [5.41, 5.74) is 5.14. The first-order valence-corrected chi connectivity index (χ1v) is 15.2. The van der Waals surface area contributed by atoms with Crippen LogP contribution in [-0.2, 0) is 26.0 Å². The Balaban J connectivity index is 1.27. The number of hydrogen-bond acceptors (Lipinski definition) is 5. The van der Waals surface area contributed by atoms with Crippen LogP contribution < -0.4 is 4.90 Å². The highest BCUT2D eigenvalue weighted by Crippen LogP contribution is 2.46. The third-order valence-corrected chi connectivity index (χ3v) is 10.3. The molecule has 2 saturated heterocycles. The summed E-state index contributed by atoms with van der Waals surface area (Å²) in [6.45, 7) is 3.87. The highest BCUT2D eigenvalue weighted by molar-refractivity contribution is 7.89. The third kappa shape index (κ3) is 5.19. The fourth-order valence-corrected chi connectivity index (χ4v) is 7.85. The van der Waals surface area contributed by atoms with Crippen molar-refractivity contribution in [3.05, 3.63) is 96.1 Å². The van der Waals surface area contributed by atoms with Gasteiger partial charge in [-0.3, -0.25) is 4.79 Å². The number of carbonyl (C=O) groups excluding carboxylic acids is 1. The summed E-state index contributed by atoms with van der Waals surface area (Å²) < 4.78 is 35.0. The van der Waals surface area contributed by atoms with E-state index in [9.17, 15) is 13.2 Å². The van der Waals surface area contributed by atoms with Crippen LogP contribution in [0.25, 0.3) is 11.1 Å². The topological polar surface area (TPSA) is 66.9 Å². The van der Waals surface area contributed by atoms with Crippen molar-refractivity contribution in [2.75, 3.05) is 44.3 Å². The maximum atomic E-state index is 13.9. The van der Waals surface area contributed by atoms with Gasteiger partial charge >= 0.3 is 0 Å². The lowest BCUT2D eigenvalue weighted by Gasteiger charge is -2.46. The minimum Gasteiger partial charge on any atom is -0.378 e. The first-order chi connectivity index (χ1) is 18.9. The third-order valence-electron chi connectivity index (χ3n) is 8.42. The van der Waals surface area contributed by atoms with Crippen molar-refractivity contribution in [3.63, 3.8) is 0 Å². The van der Waals surface area contributed by atoms with Crippen LogP contribution in [0, 0.1) is 5.41 Å². The SMILES string of the molecule is O=C1C=C2CCN(S(=O)(=O)c3ccc(-c4ccccc4N4CCOCC4)cc3)CC2(Cc2ccccc2)CC1. The van der Waals surface area contributed by atoms with E-state index in [0.29, 0.717) is 50.5 Å². The van der Waals surface area contributed by atoms with Crippen LogP contribution in [0.15, 0.2) is 95.4 Å². The first kappa shape index (κ1) is 26.0. The molecule has 202 valence electrons. The molecule has 2 aliphatic heterocycles. The first-order valence-electron chi connectivity index (χ1n) is 13.7. The van der Waals surface area contributed by atoms with Gasteiger partial charge in [-0.2, -0.15) is 4.31 Å². The predicted octanol–water partition coefficient (Wildman–Crippen LogP) is 5.10. The second-order valence-corrected chi connectivity index (χ2v) is 12.7. The molecule has 0 bridgehead atoms. The Hall–Kier alpha value is -3.26. The Morgan fingerprint density at radius 3 is 2.31 bits per heavy atom. The summed E-state index contributed by atoms with van der Waals surface area (Å²) in [6, 6.07) is 25.8. The number of carbonyl (C=O) groups is 1. The number of ether oxygens (including phenoxy) is 1. The molecule has 0 aromatic heterocycles. The van der Waals surface area contributed by atoms with Crippen LogP contribution in [0.1, 0.15) is 24.8 Å². The van der Waals surface area contributed by atoms with Crippen molar-refractivity contribution in [1.82, 2.24) is 4.31 Å². The number of fused-ring (bicyclic) bond motifs is 1. The van der Waals surface area contributed by atoms with Crippen LogP contribution >= 0.6 is 0 Å². The van der Waals surface area contributed by atoms with Gasteiger partial charge < -0.3 is 9.64 Å². The lowest BCUT2D eigenvalue weighted by Crippen LogP contribution is -2.49. The molecule has 1 aliphatic carbocycles. The van der Waals surface area contributed by atoms with Gasteiger partial charge in [0.2, 0.25) is 10.0 Å². The van der Waals surface area contributed by atoms with Gasteiger partial charge in [-0.1, -0.05) is 66.2 Å². The van der Waals surface area contributed by atoms with Crippen LogP contribution in [0.4, 0.5) is 5.69 Å². The summed E-state index contributed by atoms with van der Waals surface area (Å²) in [5.74, 6) is 0.151. The Bertz CT molecular complexity index is 1480. The molecular formula is C32H34N2O4S. The Morgan fingerprint density at radius 1 is 0.821 bits per heavy atom. The zero-order valence-electron chi connectivity index (χ0n) is 22.1. The van der Waals surface area contributed by atoms with Crippen LogP contribution in [0.5, 0.6) is 0 Å². The molecule has 1 unspecified atom stereocenters. The lowest BCUT2D eigenvalue weighted by atomic mass is 9.66. The summed E-state index contributed by atoms with van der Waals surface area (Å²) in [4.78, 5) is 14.9. The van der Waals surface area contributed by atoms with Gasteiger partial charge in [0.1, 0.15) is 0 Å². The summed E-state index contributed by atoms with van der Waals surface area (Å²) in [7, 11) is -3.69. The minimum absolute atomic E-state index is 0.151. The van der Waals surface area contributed by atoms with E-state index < -0.39 is 10.0 Å². The molecule has 3 aliphatic rings. The zero-order chi connectivity index (χ0) is 26.9. The molecule has 3 aromatic rings. The molecule has 0 saturated carbocycles.